The van der Waals surface area contributed by atoms with Gasteiger partial charge in [-0.05, 0) is 58.2 Å². The highest BCUT2D eigenvalue weighted by atomic mass is 16.6. The molecule has 2 heterocycles. The number of likely N-dealkylation sites (tertiary alicyclic amines) is 1. The lowest BCUT2D eigenvalue weighted by atomic mass is 9.96. The first-order valence-corrected chi connectivity index (χ1v) is 10.9. The van der Waals surface area contributed by atoms with E-state index < -0.39 is 17.7 Å². The normalized spacial score (nSPS) is 16.4. The highest BCUT2D eigenvalue weighted by Gasteiger charge is 2.34. The molecular weight excluding hydrogens is 408 g/mol. The van der Waals surface area contributed by atoms with Crippen LogP contribution in [0.3, 0.4) is 0 Å². The Hall–Kier alpha value is -3.29. The third-order valence-corrected chi connectivity index (χ3v) is 5.17. The maximum Gasteiger partial charge on any atom is 0.410 e. The van der Waals surface area contributed by atoms with Gasteiger partial charge in [0.25, 0.3) is 0 Å². The molecule has 1 amide bonds. The van der Waals surface area contributed by atoms with Gasteiger partial charge in [-0.25, -0.2) is 4.79 Å². The molecular formula is C24H32N4O4. The SMILES string of the molecule is CNc1ccc(Oc2ccnc(CC(=O)C3CCCCN3C(=O)OC(C)(C)C)c2)cc1N. The van der Waals surface area contributed by atoms with Crippen LogP contribution < -0.4 is 15.8 Å². The van der Waals surface area contributed by atoms with E-state index in [1.807, 2.05) is 32.9 Å². The number of ketones is 1. The Bertz CT molecular complexity index is 971. The highest BCUT2D eigenvalue weighted by Crippen LogP contribution is 2.28. The van der Waals surface area contributed by atoms with E-state index >= 15 is 0 Å². The van der Waals surface area contributed by atoms with Crippen molar-refractivity contribution in [2.45, 2.75) is 58.1 Å². The Morgan fingerprint density at radius 3 is 2.62 bits per heavy atom. The van der Waals surface area contributed by atoms with Crippen molar-refractivity contribution in [3.05, 3.63) is 42.2 Å². The van der Waals surface area contributed by atoms with E-state index in [2.05, 4.69) is 10.3 Å². The molecule has 0 aliphatic carbocycles. The van der Waals surface area contributed by atoms with Crippen molar-refractivity contribution in [3.63, 3.8) is 0 Å². The molecule has 3 N–H and O–H groups in total. The number of aromatic nitrogens is 1. The van der Waals surface area contributed by atoms with Gasteiger partial charge >= 0.3 is 6.09 Å². The Kier molecular flexibility index (Phi) is 7.22. The average molecular weight is 441 g/mol. The molecule has 0 bridgehead atoms. The predicted octanol–water partition coefficient (Wildman–Crippen LogP) is 4.40. The van der Waals surface area contributed by atoms with E-state index in [0.717, 1.165) is 18.5 Å². The fourth-order valence-corrected chi connectivity index (χ4v) is 3.69. The van der Waals surface area contributed by atoms with Crippen LogP contribution in [-0.4, -0.2) is 47.0 Å². The van der Waals surface area contributed by atoms with Crippen molar-refractivity contribution in [1.82, 2.24) is 9.88 Å². The van der Waals surface area contributed by atoms with E-state index in [-0.39, 0.29) is 12.2 Å². The largest absolute Gasteiger partial charge is 0.457 e. The zero-order valence-electron chi connectivity index (χ0n) is 19.2. The van der Waals surface area contributed by atoms with Crippen LogP contribution in [0.15, 0.2) is 36.5 Å². The number of nitrogen functional groups attached to an aromatic ring is 1. The number of carbonyl (C=O) groups is 2. The second kappa shape index (κ2) is 9.89. The van der Waals surface area contributed by atoms with Crippen molar-refractivity contribution in [2.24, 2.45) is 0 Å². The van der Waals surface area contributed by atoms with Gasteiger partial charge in [0, 0.05) is 31.9 Å². The standard InChI is InChI=1S/C24H32N4O4/c1-24(2,3)32-23(30)28-12-6-5-7-21(28)22(29)14-16-13-18(10-11-27-16)31-17-8-9-20(26-4)19(25)15-17/h8-11,13,15,21,26H,5-7,12,14,25H2,1-4H3. The lowest BCUT2D eigenvalue weighted by Crippen LogP contribution is -2.50. The monoisotopic (exact) mass is 440 g/mol. The second-order valence-electron chi connectivity index (χ2n) is 8.91. The minimum atomic E-state index is -0.607. The topological polar surface area (TPSA) is 107 Å². The van der Waals surface area contributed by atoms with Gasteiger partial charge in [0.15, 0.2) is 5.78 Å². The van der Waals surface area contributed by atoms with Gasteiger partial charge in [-0.3, -0.25) is 14.7 Å². The van der Waals surface area contributed by atoms with Crippen molar-refractivity contribution in [3.8, 4) is 11.5 Å². The van der Waals surface area contributed by atoms with Crippen LogP contribution >= 0.6 is 0 Å². The number of benzene rings is 1. The number of amides is 1. The molecule has 1 aliphatic heterocycles. The second-order valence-corrected chi connectivity index (χ2v) is 8.91. The first-order valence-electron chi connectivity index (χ1n) is 10.9. The maximum atomic E-state index is 13.1. The van der Waals surface area contributed by atoms with E-state index in [0.29, 0.717) is 35.8 Å². The van der Waals surface area contributed by atoms with E-state index in [1.54, 1.807) is 36.3 Å². The summed E-state index contributed by atoms with van der Waals surface area (Å²) in [5.74, 6) is 1.10. The summed E-state index contributed by atoms with van der Waals surface area (Å²) in [6, 6.07) is 8.35. The molecule has 0 spiro atoms. The number of hydrogen-bond donors (Lipinski definition) is 2. The molecule has 1 atom stereocenters. The number of Topliss-reactive ketones (excluding diaryl/α,β-unsaturated/α-hetero) is 1. The summed E-state index contributed by atoms with van der Waals surface area (Å²) in [5, 5.41) is 3.01. The minimum absolute atomic E-state index is 0.0529. The molecule has 172 valence electrons. The van der Waals surface area contributed by atoms with Gasteiger partial charge in [0.2, 0.25) is 0 Å². The molecule has 0 saturated carbocycles. The Morgan fingerprint density at radius 1 is 1.19 bits per heavy atom. The Morgan fingerprint density at radius 2 is 1.94 bits per heavy atom. The Labute approximate surface area is 189 Å². The molecule has 1 aromatic carbocycles. The van der Waals surface area contributed by atoms with Gasteiger partial charge in [-0.15, -0.1) is 0 Å². The zero-order chi connectivity index (χ0) is 23.3. The first-order chi connectivity index (χ1) is 15.2. The first kappa shape index (κ1) is 23.4. The number of nitrogens with zero attached hydrogens (tertiary/aromatic N) is 2. The number of nitrogens with two attached hydrogens (primary N) is 1. The van der Waals surface area contributed by atoms with Crippen molar-refractivity contribution in [2.75, 3.05) is 24.6 Å². The summed E-state index contributed by atoms with van der Waals surface area (Å²) in [4.78, 5) is 31.6. The maximum absolute atomic E-state index is 13.1. The Balaban J connectivity index is 1.69. The number of anilines is 2. The van der Waals surface area contributed by atoms with E-state index in [4.69, 9.17) is 15.2 Å². The number of rotatable bonds is 6. The summed E-state index contributed by atoms with van der Waals surface area (Å²) in [5.41, 5.74) is 7.37. The molecule has 8 nitrogen and oxygen atoms in total. The third kappa shape index (κ3) is 6.12. The van der Waals surface area contributed by atoms with Crippen molar-refractivity contribution >= 4 is 23.3 Å². The van der Waals surface area contributed by atoms with Crippen LogP contribution in [0.5, 0.6) is 11.5 Å². The summed E-state index contributed by atoms with van der Waals surface area (Å²) in [6.45, 7) is 5.98. The van der Waals surface area contributed by atoms with Crippen LogP contribution in [0.1, 0.15) is 45.7 Å². The van der Waals surface area contributed by atoms with Crippen molar-refractivity contribution < 1.29 is 19.1 Å². The van der Waals surface area contributed by atoms with E-state index in [9.17, 15) is 9.59 Å². The molecule has 1 fully saturated rings. The molecule has 1 aromatic heterocycles. The number of pyridine rings is 1. The van der Waals surface area contributed by atoms with Crippen LogP contribution in [0.4, 0.5) is 16.2 Å². The number of piperidine rings is 1. The number of hydrogen-bond acceptors (Lipinski definition) is 7. The number of ether oxygens (including phenoxy) is 2. The molecule has 8 heteroatoms. The van der Waals surface area contributed by atoms with Gasteiger partial charge in [-0.2, -0.15) is 0 Å². The summed E-state index contributed by atoms with van der Waals surface area (Å²) in [7, 11) is 1.80. The summed E-state index contributed by atoms with van der Waals surface area (Å²) >= 11 is 0. The van der Waals surface area contributed by atoms with Crippen molar-refractivity contribution in [1.29, 1.82) is 0 Å². The van der Waals surface area contributed by atoms with Gasteiger partial charge in [0.05, 0.1) is 29.5 Å². The number of carbonyl (C=O) groups excluding carboxylic acids is 2. The van der Waals surface area contributed by atoms with Crippen LogP contribution in [0.25, 0.3) is 0 Å². The van der Waals surface area contributed by atoms with Gasteiger partial charge in [0.1, 0.15) is 17.1 Å². The lowest BCUT2D eigenvalue weighted by Gasteiger charge is -2.35. The summed E-state index contributed by atoms with van der Waals surface area (Å²) < 4.78 is 11.4. The lowest BCUT2D eigenvalue weighted by molar-refractivity contribution is -0.124. The fraction of sp³-hybridized carbons (Fsp3) is 0.458. The van der Waals surface area contributed by atoms with E-state index in [1.165, 1.54) is 0 Å². The smallest absolute Gasteiger partial charge is 0.410 e. The fourth-order valence-electron chi connectivity index (χ4n) is 3.69. The summed E-state index contributed by atoms with van der Waals surface area (Å²) in [6.07, 6.45) is 3.67. The molecule has 32 heavy (non-hydrogen) atoms. The molecule has 1 saturated heterocycles. The third-order valence-electron chi connectivity index (χ3n) is 5.17. The molecule has 0 radical (unpaired) electrons. The highest BCUT2D eigenvalue weighted by molar-refractivity contribution is 5.89. The molecule has 2 aromatic rings. The quantitative estimate of drug-likeness (QED) is 0.641. The molecule has 1 aliphatic rings. The predicted molar refractivity (Wildman–Crippen MR) is 124 cm³/mol. The van der Waals surface area contributed by atoms with Gasteiger partial charge in [-0.1, -0.05) is 0 Å². The van der Waals surface area contributed by atoms with Crippen LogP contribution in [-0.2, 0) is 16.0 Å². The molecule has 1 unspecified atom stereocenters. The molecule has 3 rings (SSSR count). The zero-order valence-corrected chi connectivity index (χ0v) is 19.2. The van der Waals surface area contributed by atoms with Gasteiger partial charge < -0.3 is 20.5 Å². The van der Waals surface area contributed by atoms with Crippen LogP contribution in [0.2, 0.25) is 0 Å². The average Bonchev–Trinajstić information content (AvgIpc) is 2.73. The van der Waals surface area contributed by atoms with Crippen LogP contribution in [0, 0.1) is 0 Å². The minimum Gasteiger partial charge on any atom is -0.457 e. The number of nitrogens with one attached hydrogen (secondary N) is 1.